The zero-order valence-corrected chi connectivity index (χ0v) is 10.6. The van der Waals surface area contributed by atoms with Gasteiger partial charge >= 0.3 is 5.97 Å². The number of amides is 1. The molecule has 1 heterocycles. The Labute approximate surface area is 111 Å². The number of aromatic hydroxyl groups is 1. The number of aliphatic carboxylic acids is 1. The van der Waals surface area contributed by atoms with E-state index in [1.807, 2.05) is 0 Å². The van der Waals surface area contributed by atoms with E-state index in [1.165, 1.54) is 0 Å². The van der Waals surface area contributed by atoms with Gasteiger partial charge in [0.05, 0.1) is 12.3 Å². The number of carboxylic acids is 1. The molecule has 0 radical (unpaired) electrons. The van der Waals surface area contributed by atoms with Crippen LogP contribution in [0.4, 0.5) is 0 Å². The fraction of sp³-hybridized carbons (Fsp3) is 0.429. The van der Waals surface area contributed by atoms with E-state index in [2.05, 4.69) is 0 Å². The van der Waals surface area contributed by atoms with Gasteiger partial charge in [0.15, 0.2) is 0 Å². The van der Waals surface area contributed by atoms with Crippen LogP contribution in [0.2, 0.25) is 0 Å². The summed E-state index contributed by atoms with van der Waals surface area (Å²) >= 11 is 0. The molecule has 1 fully saturated rings. The molecule has 2 N–H and O–H groups in total. The summed E-state index contributed by atoms with van der Waals surface area (Å²) in [6.07, 6.45) is 1.55. The maximum absolute atomic E-state index is 12.1. The van der Waals surface area contributed by atoms with Crippen LogP contribution in [0.1, 0.15) is 18.4 Å². The van der Waals surface area contributed by atoms with Gasteiger partial charge in [-0.25, -0.2) is 0 Å². The molecule has 1 atom stereocenters. The van der Waals surface area contributed by atoms with Gasteiger partial charge in [-0.15, -0.1) is 0 Å². The van der Waals surface area contributed by atoms with E-state index in [-0.39, 0.29) is 24.6 Å². The summed E-state index contributed by atoms with van der Waals surface area (Å²) in [6, 6.07) is 6.57. The lowest BCUT2D eigenvalue weighted by Crippen LogP contribution is -2.42. The fourth-order valence-electron chi connectivity index (χ4n) is 2.36. The second-order valence-electron chi connectivity index (χ2n) is 4.86. The highest BCUT2D eigenvalue weighted by Gasteiger charge is 2.27. The Bertz CT molecular complexity index is 486. The number of carboxylic acid groups (broad SMARTS) is 1. The monoisotopic (exact) mass is 263 g/mol. The molecule has 1 aromatic rings. The van der Waals surface area contributed by atoms with Gasteiger partial charge in [-0.05, 0) is 30.5 Å². The van der Waals surface area contributed by atoms with Crippen molar-refractivity contribution in [2.45, 2.75) is 19.3 Å². The Morgan fingerprint density at radius 1 is 1.37 bits per heavy atom. The number of nitrogens with zero attached hydrogens (tertiary/aromatic N) is 1. The molecule has 1 aliphatic heterocycles. The van der Waals surface area contributed by atoms with Gasteiger partial charge < -0.3 is 15.1 Å². The SMILES string of the molecule is O=C(O)[C@H]1CCCN(C(=O)Cc2cccc(O)c2)C1. The molecule has 0 aromatic heterocycles. The number of likely N-dealkylation sites (tertiary alicyclic amines) is 1. The highest BCUT2D eigenvalue weighted by atomic mass is 16.4. The molecule has 1 amide bonds. The van der Waals surface area contributed by atoms with Gasteiger partial charge in [0.2, 0.25) is 5.91 Å². The second-order valence-corrected chi connectivity index (χ2v) is 4.86. The number of hydrogen-bond donors (Lipinski definition) is 2. The maximum atomic E-state index is 12.1. The third-order valence-electron chi connectivity index (χ3n) is 3.39. The standard InChI is InChI=1S/C14H17NO4/c16-12-5-1-3-10(7-12)8-13(17)15-6-2-4-11(9-15)14(18)19/h1,3,5,7,11,16H,2,4,6,8-9H2,(H,18,19)/t11-/m0/s1. The molecule has 1 aromatic carbocycles. The van der Waals surface area contributed by atoms with Crippen LogP contribution in [0.5, 0.6) is 5.75 Å². The molecule has 1 aliphatic rings. The number of benzene rings is 1. The number of carbonyl (C=O) groups is 2. The third-order valence-corrected chi connectivity index (χ3v) is 3.39. The highest BCUT2D eigenvalue weighted by molar-refractivity contribution is 5.80. The molecule has 102 valence electrons. The van der Waals surface area contributed by atoms with Crippen LogP contribution in [-0.2, 0) is 16.0 Å². The zero-order chi connectivity index (χ0) is 13.8. The van der Waals surface area contributed by atoms with Crippen LogP contribution < -0.4 is 0 Å². The zero-order valence-electron chi connectivity index (χ0n) is 10.6. The molecule has 5 nitrogen and oxygen atoms in total. The first-order chi connectivity index (χ1) is 9.06. The summed E-state index contributed by atoms with van der Waals surface area (Å²) in [4.78, 5) is 24.7. The summed E-state index contributed by atoms with van der Waals surface area (Å²) in [5.74, 6) is -1.25. The van der Waals surface area contributed by atoms with Gasteiger partial charge in [-0.1, -0.05) is 12.1 Å². The summed E-state index contributed by atoms with van der Waals surface area (Å²) < 4.78 is 0. The van der Waals surface area contributed by atoms with Crippen LogP contribution in [0, 0.1) is 5.92 Å². The average Bonchev–Trinajstić information content (AvgIpc) is 2.39. The predicted octanol–water partition coefficient (Wildman–Crippen LogP) is 1.26. The first kappa shape index (κ1) is 13.4. The van der Waals surface area contributed by atoms with Crippen molar-refractivity contribution >= 4 is 11.9 Å². The summed E-state index contributed by atoms with van der Waals surface area (Å²) in [7, 11) is 0. The second kappa shape index (κ2) is 5.73. The largest absolute Gasteiger partial charge is 0.508 e. The molecule has 2 rings (SSSR count). The van der Waals surface area contributed by atoms with Crippen molar-refractivity contribution in [2.24, 2.45) is 5.92 Å². The minimum absolute atomic E-state index is 0.0865. The van der Waals surface area contributed by atoms with Gasteiger partial charge in [0, 0.05) is 13.1 Å². The number of phenols is 1. The predicted molar refractivity (Wildman–Crippen MR) is 68.8 cm³/mol. The van der Waals surface area contributed by atoms with Gasteiger partial charge in [-0.3, -0.25) is 9.59 Å². The van der Waals surface area contributed by atoms with Crippen molar-refractivity contribution in [2.75, 3.05) is 13.1 Å². The van der Waals surface area contributed by atoms with Crippen LogP contribution in [0.3, 0.4) is 0 Å². The van der Waals surface area contributed by atoms with Crippen LogP contribution >= 0.6 is 0 Å². The Morgan fingerprint density at radius 3 is 2.84 bits per heavy atom. The molecule has 0 saturated carbocycles. The van der Waals surface area contributed by atoms with Crippen LogP contribution in [0.15, 0.2) is 24.3 Å². The number of phenolic OH excluding ortho intramolecular Hbond substituents is 1. The van der Waals surface area contributed by atoms with Gasteiger partial charge in [0.25, 0.3) is 0 Å². The quantitative estimate of drug-likeness (QED) is 0.860. The van der Waals surface area contributed by atoms with Crippen molar-refractivity contribution in [3.05, 3.63) is 29.8 Å². The van der Waals surface area contributed by atoms with E-state index in [0.717, 1.165) is 12.0 Å². The van der Waals surface area contributed by atoms with E-state index >= 15 is 0 Å². The summed E-state index contributed by atoms with van der Waals surface area (Å²) in [5.41, 5.74) is 0.738. The number of hydrogen-bond acceptors (Lipinski definition) is 3. The van der Waals surface area contributed by atoms with Crippen molar-refractivity contribution in [1.29, 1.82) is 0 Å². The number of carbonyl (C=O) groups excluding carboxylic acids is 1. The summed E-state index contributed by atoms with van der Waals surface area (Å²) in [5, 5.41) is 18.3. The maximum Gasteiger partial charge on any atom is 0.308 e. The Balaban J connectivity index is 1.98. The van der Waals surface area contributed by atoms with E-state index in [0.29, 0.717) is 13.0 Å². The Hall–Kier alpha value is -2.04. The fourth-order valence-corrected chi connectivity index (χ4v) is 2.36. The molecule has 0 bridgehead atoms. The van der Waals surface area contributed by atoms with Crippen molar-refractivity contribution in [3.63, 3.8) is 0 Å². The highest BCUT2D eigenvalue weighted by Crippen LogP contribution is 2.18. The lowest BCUT2D eigenvalue weighted by atomic mass is 9.97. The molecule has 5 heteroatoms. The Kier molecular flexibility index (Phi) is 4.04. The molecule has 1 saturated heterocycles. The molecule has 19 heavy (non-hydrogen) atoms. The first-order valence-electron chi connectivity index (χ1n) is 6.35. The molecular weight excluding hydrogens is 246 g/mol. The first-order valence-corrected chi connectivity index (χ1v) is 6.35. The molecule has 0 unspecified atom stereocenters. The van der Waals surface area contributed by atoms with E-state index in [4.69, 9.17) is 5.11 Å². The van der Waals surface area contributed by atoms with Crippen LogP contribution in [0.25, 0.3) is 0 Å². The van der Waals surface area contributed by atoms with Crippen molar-refractivity contribution in [3.8, 4) is 5.75 Å². The van der Waals surface area contributed by atoms with Gasteiger partial charge in [0.1, 0.15) is 5.75 Å². The molecule has 0 aliphatic carbocycles. The lowest BCUT2D eigenvalue weighted by Gasteiger charge is -2.30. The van der Waals surface area contributed by atoms with Crippen molar-refractivity contribution < 1.29 is 19.8 Å². The van der Waals surface area contributed by atoms with E-state index in [1.54, 1.807) is 29.2 Å². The average molecular weight is 263 g/mol. The van der Waals surface area contributed by atoms with E-state index in [9.17, 15) is 14.7 Å². The number of rotatable bonds is 3. The number of piperidine rings is 1. The topological polar surface area (TPSA) is 77.8 Å². The summed E-state index contributed by atoms with van der Waals surface area (Å²) in [6.45, 7) is 0.897. The van der Waals surface area contributed by atoms with Crippen LogP contribution in [-0.4, -0.2) is 40.1 Å². The van der Waals surface area contributed by atoms with E-state index < -0.39 is 11.9 Å². The molecule has 0 spiro atoms. The third kappa shape index (κ3) is 3.47. The van der Waals surface area contributed by atoms with Gasteiger partial charge in [-0.2, -0.15) is 0 Å². The Morgan fingerprint density at radius 2 is 2.16 bits per heavy atom. The normalized spacial score (nSPS) is 19.2. The van der Waals surface area contributed by atoms with Crippen molar-refractivity contribution in [1.82, 2.24) is 4.90 Å². The molecular formula is C14H17NO4. The minimum Gasteiger partial charge on any atom is -0.508 e. The minimum atomic E-state index is -0.838. The lowest BCUT2D eigenvalue weighted by molar-refractivity contribution is -0.145. The smallest absolute Gasteiger partial charge is 0.308 e.